The lowest BCUT2D eigenvalue weighted by Gasteiger charge is -2.37. The minimum absolute atomic E-state index is 0.568. The predicted octanol–water partition coefficient (Wildman–Crippen LogP) is 4.51. The lowest BCUT2D eigenvalue weighted by Crippen LogP contribution is -2.42. The van der Waals surface area contributed by atoms with Crippen molar-refractivity contribution in [2.24, 2.45) is 5.41 Å². The molecule has 1 fully saturated rings. The molecule has 0 bridgehead atoms. The molecule has 0 aliphatic heterocycles. The van der Waals surface area contributed by atoms with Crippen LogP contribution in [-0.4, -0.2) is 12.1 Å². The topological polar surface area (TPSA) is 12.0 Å². The molecule has 1 saturated carbocycles. The summed E-state index contributed by atoms with van der Waals surface area (Å²) in [7, 11) is 0. The van der Waals surface area contributed by atoms with Gasteiger partial charge >= 0.3 is 0 Å². The predicted molar refractivity (Wildman–Crippen MR) is 72.8 cm³/mol. The zero-order chi connectivity index (χ0) is 12.0. The van der Waals surface area contributed by atoms with Crippen molar-refractivity contribution in [1.29, 1.82) is 0 Å². The Bertz CT molecular complexity index is 180. The van der Waals surface area contributed by atoms with Gasteiger partial charge in [0.25, 0.3) is 0 Å². The Balaban J connectivity index is 2.38. The van der Waals surface area contributed by atoms with Crippen LogP contribution < -0.4 is 5.32 Å². The fourth-order valence-electron chi connectivity index (χ4n) is 3.18. The summed E-state index contributed by atoms with van der Waals surface area (Å²) in [6.07, 6.45) is 10.9. The summed E-state index contributed by atoms with van der Waals surface area (Å²) in [6, 6.07) is 1.56. The highest BCUT2D eigenvalue weighted by Gasteiger charge is 2.28. The second kappa shape index (κ2) is 6.64. The molecule has 1 unspecified atom stereocenters. The average Bonchev–Trinajstić information content (AvgIpc) is 2.16. The minimum atomic E-state index is 0.568. The molecule has 1 aliphatic carbocycles. The van der Waals surface area contributed by atoms with E-state index in [2.05, 4.69) is 33.0 Å². The van der Waals surface area contributed by atoms with E-state index in [1.165, 1.54) is 51.4 Å². The van der Waals surface area contributed by atoms with E-state index in [0.717, 1.165) is 12.1 Å². The standard InChI is InChI=1S/C15H31N/c1-5-8-13(9-6-2)16-14-10-7-11-15(3,4)12-14/h13-14,16H,5-12H2,1-4H3. The molecule has 1 N–H and O–H groups in total. The van der Waals surface area contributed by atoms with E-state index in [-0.39, 0.29) is 0 Å². The first-order valence-corrected chi connectivity index (χ1v) is 7.33. The molecular weight excluding hydrogens is 194 g/mol. The summed E-state index contributed by atoms with van der Waals surface area (Å²) in [6.45, 7) is 9.45. The Morgan fingerprint density at radius 2 is 1.81 bits per heavy atom. The van der Waals surface area contributed by atoms with Gasteiger partial charge in [0.05, 0.1) is 0 Å². The molecule has 0 aromatic carbocycles. The quantitative estimate of drug-likeness (QED) is 0.701. The van der Waals surface area contributed by atoms with Crippen molar-refractivity contribution in [2.45, 2.75) is 91.1 Å². The van der Waals surface area contributed by atoms with Gasteiger partial charge in [0.2, 0.25) is 0 Å². The van der Waals surface area contributed by atoms with Crippen LogP contribution in [0.25, 0.3) is 0 Å². The Labute approximate surface area is 102 Å². The van der Waals surface area contributed by atoms with Gasteiger partial charge in [0.15, 0.2) is 0 Å². The van der Waals surface area contributed by atoms with Crippen molar-refractivity contribution in [3.63, 3.8) is 0 Å². The van der Waals surface area contributed by atoms with Crippen LogP contribution >= 0.6 is 0 Å². The third-order valence-electron chi connectivity index (χ3n) is 3.95. The number of hydrogen-bond donors (Lipinski definition) is 1. The fraction of sp³-hybridized carbons (Fsp3) is 1.00. The molecule has 0 saturated heterocycles. The van der Waals surface area contributed by atoms with Gasteiger partial charge in [0, 0.05) is 12.1 Å². The molecule has 1 aliphatic rings. The van der Waals surface area contributed by atoms with Crippen molar-refractivity contribution < 1.29 is 0 Å². The summed E-state index contributed by atoms with van der Waals surface area (Å²) in [5.74, 6) is 0. The Hall–Kier alpha value is -0.0400. The summed E-state index contributed by atoms with van der Waals surface area (Å²) in [5.41, 5.74) is 0.568. The van der Waals surface area contributed by atoms with Crippen molar-refractivity contribution in [3.05, 3.63) is 0 Å². The van der Waals surface area contributed by atoms with Gasteiger partial charge in [-0.1, -0.05) is 47.0 Å². The third kappa shape index (κ3) is 4.86. The lowest BCUT2D eigenvalue weighted by molar-refractivity contribution is 0.185. The smallest absolute Gasteiger partial charge is 0.00747 e. The molecule has 0 spiro atoms. The first-order chi connectivity index (χ1) is 7.57. The normalized spacial score (nSPS) is 24.9. The summed E-state index contributed by atoms with van der Waals surface area (Å²) < 4.78 is 0. The summed E-state index contributed by atoms with van der Waals surface area (Å²) in [4.78, 5) is 0. The van der Waals surface area contributed by atoms with E-state index in [9.17, 15) is 0 Å². The van der Waals surface area contributed by atoms with Crippen molar-refractivity contribution in [3.8, 4) is 0 Å². The van der Waals surface area contributed by atoms with E-state index in [4.69, 9.17) is 0 Å². The lowest BCUT2D eigenvalue weighted by atomic mass is 9.75. The van der Waals surface area contributed by atoms with Crippen LogP contribution in [0.5, 0.6) is 0 Å². The van der Waals surface area contributed by atoms with Gasteiger partial charge in [0.1, 0.15) is 0 Å². The van der Waals surface area contributed by atoms with Crippen LogP contribution in [0.4, 0.5) is 0 Å². The van der Waals surface area contributed by atoms with Crippen molar-refractivity contribution >= 4 is 0 Å². The van der Waals surface area contributed by atoms with Crippen molar-refractivity contribution in [1.82, 2.24) is 5.32 Å². The first-order valence-electron chi connectivity index (χ1n) is 7.33. The molecule has 0 heterocycles. The number of rotatable bonds is 6. The van der Waals surface area contributed by atoms with Gasteiger partial charge < -0.3 is 5.32 Å². The highest BCUT2D eigenvalue weighted by Crippen LogP contribution is 2.35. The van der Waals surface area contributed by atoms with Crippen LogP contribution in [0, 0.1) is 5.41 Å². The van der Waals surface area contributed by atoms with E-state index in [0.29, 0.717) is 5.41 Å². The maximum atomic E-state index is 3.91. The second-order valence-electron chi connectivity index (χ2n) is 6.40. The van der Waals surface area contributed by atoms with Gasteiger partial charge in [-0.2, -0.15) is 0 Å². The highest BCUT2D eigenvalue weighted by molar-refractivity contribution is 4.85. The highest BCUT2D eigenvalue weighted by atomic mass is 15.0. The molecule has 0 amide bonds. The molecule has 1 heteroatoms. The summed E-state index contributed by atoms with van der Waals surface area (Å²) >= 11 is 0. The summed E-state index contributed by atoms with van der Waals surface area (Å²) in [5, 5.41) is 3.91. The molecule has 0 aromatic heterocycles. The Kier molecular flexibility index (Phi) is 5.82. The number of hydrogen-bond acceptors (Lipinski definition) is 1. The monoisotopic (exact) mass is 225 g/mol. The number of nitrogens with one attached hydrogen (secondary N) is 1. The maximum absolute atomic E-state index is 3.91. The van der Waals surface area contributed by atoms with Crippen LogP contribution in [0.15, 0.2) is 0 Å². The van der Waals surface area contributed by atoms with E-state index in [1.54, 1.807) is 0 Å². The molecule has 1 nitrogen and oxygen atoms in total. The maximum Gasteiger partial charge on any atom is 0.00747 e. The average molecular weight is 225 g/mol. The van der Waals surface area contributed by atoms with Crippen LogP contribution in [0.2, 0.25) is 0 Å². The van der Waals surface area contributed by atoms with Crippen LogP contribution in [-0.2, 0) is 0 Å². The van der Waals surface area contributed by atoms with Gasteiger partial charge in [-0.15, -0.1) is 0 Å². The van der Waals surface area contributed by atoms with E-state index >= 15 is 0 Å². The van der Waals surface area contributed by atoms with E-state index < -0.39 is 0 Å². The molecule has 0 radical (unpaired) electrons. The fourth-order valence-corrected chi connectivity index (χ4v) is 3.18. The van der Waals surface area contributed by atoms with E-state index in [1.807, 2.05) is 0 Å². The van der Waals surface area contributed by atoms with Gasteiger partial charge in [-0.25, -0.2) is 0 Å². The first kappa shape index (κ1) is 14.0. The van der Waals surface area contributed by atoms with Crippen molar-refractivity contribution in [2.75, 3.05) is 0 Å². The molecule has 16 heavy (non-hydrogen) atoms. The molecule has 1 rings (SSSR count). The largest absolute Gasteiger partial charge is 0.311 e. The molecule has 1 atom stereocenters. The Morgan fingerprint density at radius 3 is 2.31 bits per heavy atom. The zero-order valence-electron chi connectivity index (χ0n) is 11.8. The SMILES string of the molecule is CCCC(CCC)NC1CCCC(C)(C)C1. The van der Waals surface area contributed by atoms with Gasteiger partial charge in [-0.3, -0.25) is 0 Å². The third-order valence-corrected chi connectivity index (χ3v) is 3.95. The zero-order valence-corrected chi connectivity index (χ0v) is 11.8. The second-order valence-corrected chi connectivity index (χ2v) is 6.40. The molecule has 0 aromatic rings. The Morgan fingerprint density at radius 1 is 1.19 bits per heavy atom. The molecule has 96 valence electrons. The van der Waals surface area contributed by atoms with Gasteiger partial charge in [-0.05, 0) is 37.5 Å². The molecular formula is C15H31N. The van der Waals surface area contributed by atoms with Crippen LogP contribution in [0.1, 0.15) is 79.1 Å². The minimum Gasteiger partial charge on any atom is -0.311 e. The van der Waals surface area contributed by atoms with Crippen LogP contribution in [0.3, 0.4) is 0 Å².